The third kappa shape index (κ3) is 4.34. The van der Waals surface area contributed by atoms with Crippen LogP contribution in [0, 0.1) is 5.82 Å². The van der Waals surface area contributed by atoms with Crippen LogP contribution in [0.4, 0.5) is 10.1 Å². The molecule has 0 amide bonds. The topological polar surface area (TPSA) is 45.8 Å². The van der Waals surface area contributed by atoms with Crippen LogP contribution < -0.4 is 20.1 Å². The van der Waals surface area contributed by atoms with Gasteiger partial charge in [0.15, 0.2) is 16.6 Å². The lowest BCUT2D eigenvalue weighted by Gasteiger charge is -2.45. The van der Waals surface area contributed by atoms with Gasteiger partial charge in [0, 0.05) is 23.2 Å². The summed E-state index contributed by atoms with van der Waals surface area (Å²) in [5, 5.41) is 7.23. The molecule has 3 atom stereocenters. The fourth-order valence-electron chi connectivity index (χ4n) is 5.28. The maximum Gasteiger partial charge on any atom is 0.170 e. The Bertz CT molecular complexity index is 939. The van der Waals surface area contributed by atoms with Gasteiger partial charge in [-0.05, 0) is 93.5 Å². The Kier molecular flexibility index (Phi) is 6.34. The molecule has 0 spiro atoms. The van der Waals surface area contributed by atoms with Crippen LogP contribution in [0.5, 0.6) is 11.5 Å². The van der Waals surface area contributed by atoms with Crippen molar-refractivity contribution in [1.82, 2.24) is 10.2 Å². The van der Waals surface area contributed by atoms with E-state index in [1.165, 1.54) is 17.7 Å². The minimum Gasteiger partial charge on any atom is -0.493 e. The number of rotatable bonds is 5. The van der Waals surface area contributed by atoms with Gasteiger partial charge in [-0.2, -0.15) is 0 Å². The first kappa shape index (κ1) is 21.8. The molecular weight excluding hydrogens is 413 g/mol. The summed E-state index contributed by atoms with van der Waals surface area (Å²) in [6.45, 7) is 1.07. The molecule has 1 saturated carbocycles. The van der Waals surface area contributed by atoms with Crippen molar-refractivity contribution in [2.45, 2.75) is 43.2 Å². The molecule has 0 radical (unpaired) electrons. The van der Waals surface area contributed by atoms with Crippen molar-refractivity contribution in [3.05, 3.63) is 53.8 Å². The maximum absolute atomic E-state index is 13.1. The smallest absolute Gasteiger partial charge is 0.170 e. The van der Waals surface area contributed by atoms with E-state index in [1.807, 2.05) is 6.07 Å². The Morgan fingerprint density at radius 1 is 1.10 bits per heavy atom. The number of nitrogens with zero attached hydrogens (tertiary/aromatic N) is 1. The van der Waals surface area contributed by atoms with E-state index in [0.717, 1.165) is 49.4 Å². The fraction of sp³-hybridized carbons (Fsp3) is 0.458. The molecule has 2 fully saturated rings. The molecule has 1 saturated heterocycles. The van der Waals surface area contributed by atoms with Gasteiger partial charge in [0.25, 0.3) is 0 Å². The summed E-state index contributed by atoms with van der Waals surface area (Å²) >= 11 is 5.52. The molecule has 2 N–H and O–H groups in total. The first-order valence-corrected chi connectivity index (χ1v) is 11.1. The van der Waals surface area contributed by atoms with E-state index < -0.39 is 0 Å². The average molecular weight is 444 g/mol. The van der Waals surface area contributed by atoms with Gasteiger partial charge in [0.05, 0.1) is 14.2 Å². The Morgan fingerprint density at radius 2 is 1.84 bits per heavy atom. The van der Waals surface area contributed by atoms with Crippen LogP contribution in [0.15, 0.2) is 42.5 Å². The number of likely N-dealkylation sites (N-methyl/N-ethyl adjacent to an activating group) is 1. The summed E-state index contributed by atoms with van der Waals surface area (Å²) < 4.78 is 24.1. The standard InChI is InChI=1S/C24H30FN3O2S/c1-28-13-12-24(16-4-9-20(29-2)21(14-16)30-3)11-10-19(15-22(24)28)27-23(31)26-18-7-5-17(25)6-8-18/h4-9,14,19,22H,10-13,15H2,1-3H3,(H2,26,27,31)/t19-,22+,24+/m1/s1. The third-order valence-electron chi connectivity index (χ3n) is 6.92. The van der Waals surface area contributed by atoms with Gasteiger partial charge in [0.1, 0.15) is 5.82 Å². The number of ether oxygens (including phenoxy) is 2. The van der Waals surface area contributed by atoms with Gasteiger partial charge in [-0.1, -0.05) is 6.07 Å². The van der Waals surface area contributed by atoms with Crippen molar-refractivity contribution >= 4 is 23.0 Å². The SMILES string of the molecule is COc1ccc([C@@]23CC[C@@H](NC(=S)Nc4ccc(F)cc4)C[C@@H]2N(C)CC3)cc1OC. The number of benzene rings is 2. The lowest BCUT2D eigenvalue weighted by atomic mass is 9.65. The number of halogens is 1. The molecule has 0 aromatic heterocycles. The summed E-state index contributed by atoms with van der Waals surface area (Å²) in [4.78, 5) is 2.47. The highest BCUT2D eigenvalue weighted by atomic mass is 32.1. The highest BCUT2D eigenvalue weighted by Crippen LogP contribution is 2.49. The van der Waals surface area contributed by atoms with Crippen LogP contribution in [0.2, 0.25) is 0 Å². The summed E-state index contributed by atoms with van der Waals surface area (Å²) in [5.74, 6) is 1.29. The second-order valence-corrected chi connectivity index (χ2v) is 8.96. The first-order valence-electron chi connectivity index (χ1n) is 10.7. The first-order chi connectivity index (χ1) is 14.9. The second-order valence-electron chi connectivity index (χ2n) is 8.55. The molecule has 0 unspecified atom stereocenters. The predicted molar refractivity (Wildman–Crippen MR) is 126 cm³/mol. The molecular formula is C24H30FN3O2S. The van der Waals surface area contributed by atoms with Crippen LogP contribution in [0.25, 0.3) is 0 Å². The van der Waals surface area contributed by atoms with Gasteiger partial charge in [-0.15, -0.1) is 0 Å². The summed E-state index contributed by atoms with van der Waals surface area (Å²) in [6, 6.07) is 13.3. The summed E-state index contributed by atoms with van der Waals surface area (Å²) in [7, 11) is 5.57. The van der Waals surface area contributed by atoms with Gasteiger partial charge in [-0.25, -0.2) is 4.39 Å². The lowest BCUT2D eigenvalue weighted by Crippen LogP contribution is -2.52. The van der Waals surface area contributed by atoms with E-state index >= 15 is 0 Å². The molecule has 1 aliphatic heterocycles. The Morgan fingerprint density at radius 3 is 2.55 bits per heavy atom. The van der Waals surface area contributed by atoms with E-state index in [0.29, 0.717) is 17.2 Å². The van der Waals surface area contributed by atoms with Crippen molar-refractivity contribution in [2.24, 2.45) is 0 Å². The van der Waals surface area contributed by atoms with Crippen molar-refractivity contribution in [3.8, 4) is 11.5 Å². The fourth-order valence-corrected chi connectivity index (χ4v) is 5.56. The highest BCUT2D eigenvalue weighted by molar-refractivity contribution is 7.80. The Labute approximate surface area is 188 Å². The molecule has 1 heterocycles. The van der Waals surface area contributed by atoms with Gasteiger partial charge < -0.3 is 25.0 Å². The second kappa shape index (κ2) is 9.01. The largest absolute Gasteiger partial charge is 0.493 e. The number of likely N-dealkylation sites (tertiary alicyclic amines) is 1. The van der Waals surface area contributed by atoms with Crippen LogP contribution in [-0.4, -0.2) is 49.9 Å². The quantitative estimate of drug-likeness (QED) is 0.671. The van der Waals surface area contributed by atoms with E-state index in [9.17, 15) is 4.39 Å². The lowest BCUT2D eigenvalue weighted by molar-refractivity contribution is 0.161. The van der Waals surface area contributed by atoms with E-state index in [4.69, 9.17) is 21.7 Å². The number of hydrogen-bond donors (Lipinski definition) is 2. The molecule has 5 nitrogen and oxygen atoms in total. The molecule has 166 valence electrons. The summed E-state index contributed by atoms with van der Waals surface area (Å²) in [5.41, 5.74) is 2.22. The third-order valence-corrected chi connectivity index (χ3v) is 7.14. The Balaban J connectivity index is 1.47. The zero-order valence-corrected chi connectivity index (χ0v) is 19.1. The van der Waals surface area contributed by atoms with Crippen LogP contribution in [-0.2, 0) is 5.41 Å². The minimum absolute atomic E-state index is 0.110. The Hall–Kier alpha value is -2.38. The van der Waals surface area contributed by atoms with Crippen LogP contribution in [0.3, 0.4) is 0 Å². The molecule has 1 aliphatic carbocycles. The zero-order valence-electron chi connectivity index (χ0n) is 18.3. The molecule has 2 aromatic carbocycles. The molecule has 2 aromatic rings. The van der Waals surface area contributed by atoms with E-state index in [2.05, 4.69) is 34.7 Å². The molecule has 0 bridgehead atoms. The highest BCUT2D eigenvalue weighted by Gasteiger charge is 2.50. The molecule has 4 rings (SSSR count). The van der Waals surface area contributed by atoms with Crippen molar-refractivity contribution in [2.75, 3.05) is 33.1 Å². The van der Waals surface area contributed by atoms with Crippen molar-refractivity contribution in [1.29, 1.82) is 0 Å². The zero-order chi connectivity index (χ0) is 22.0. The molecule has 2 aliphatic rings. The minimum atomic E-state index is -0.257. The maximum atomic E-state index is 13.1. The average Bonchev–Trinajstić information content (AvgIpc) is 3.12. The number of nitrogens with one attached hydrogen (secondary N) is 2. The monoisotopic (exact) mass is 443 g/mol. The number of thiocarbonyl (C=S) groups is 1. The number of hydrogen-bond acceptors (Lipinski definition) is 4. The van der Waals surface area contributed by atoms with Gasteiger partial charge in [-0.3, -0.25) is 0 Å². The van der Waals surface area contributed by atoms with E-state index in [-0.39, 0.29) is 11.2 Å². The number of anilines is 1. The van der Waals surface area contributed by atoms with Gasteiger partial charge >= 0.3 is 0 Å². The van der Waals surface area contributed by atoms with Crippen LogP contribution >= 0.6 is 12.2 Å². The molecule has 31 heavy (non-hydrogen) atoms. The van der Waals surface area contributed by atoms with Crippen LogP contribution in [0.1, 0.15) is 31.2 Å². The number of methoxy groups -OCH3 is 2. The predicted octanol–water partition coefficient (Wildman–Crippen LogP) is 4.32. The van der Waals surface area contributed by atoms with Gasteiger partial charge in [0.2, 0.25) is 0 Å². The summed E-state index contributed by atoms with van der Waals surface area (Å²) in [6.07, 6.45) is 4.25. The van der Waals surface area contributed by atoms with Crippen molar-refractivity contribution < 1.29 is 13.9 Å². The van der Waals surface area contributed by atoms with E-state index in [1.54, 1.807) is 26.4 Å². The normalized spacial score (nSPS) is 25.5. The molecule has 7 heteroatoms. The number of fused-ring (bicyclic) bond motifs is 1. The van der Waals surface area contributed by atoms with Crippen molar-refractivity contribution in [3.63, 3.8) is 0 Å².